The molecule has 5 nitrogen and oxygen atoms in total. The standard InChI is InChI=1S/C15H16Cl2N4O/c1-3-7-18-15(22)12-8-13(20-9(2)19-12)21-14-10(16)5-4-6-11(14)17/h4-6,8H,3,7H2,1-2H3,(H,18,22)(H,19,20,21). The van der Waals surface area contributed by atoms with Crippen molar-refractivity contribution in [2.75, 3.05) is 11.9 Å². The fourth-order valence-electron chi connectivity index (χ4n) is 1.82. The van der Waals surface area contributed by atoms with Gasteiger partial charge in [0.25, 0.3) is 5.91 Å². The lowest BCUT2D eigenvalue weighted by atomic mass is 10.3. The van der Waals surface area contributed by atoms with Crippen LogP contribution in [0.4, 0.5) is 11.5 Å². The maximum atomic E-state index is 12.0. The van der Waals surface area contributed by atoms with Crippen molar-refractivity contribution < 1.29 is 4.79 Å². The number of para-hydroxylation sites is 1. The van der Waals surface area contributed by atoms with E-state index in [0.29, 0.717) is 39.6 Å². The molecule has 1 heterocycles. The predicted octanol–water partition coefficient (Wildman–Crippen LogP) is 3.98. The number of anilines is 2. The van der Waals surface area contributed by atoms with Crippen LogP contribution in [0.5, 0.6) is 0 Å². The minimum Gasteiger partial charge on any atom is -0.351 e. The number of rotatable bonds is 5. The highest BCUT2D eigenvalue weighted by Gasteiger charge is 2.12. The van der Waals surface area contributed by atoms with Crippen LogP contribution in [0.25, 0.3) is 0 Å². The molecule has 0 atom stereocenters. The first-order valence-corrected chi connectivity index (χ1v) is 7.61. The van der Waals surface area contributed by atoms with Crippen molar-refractivity contribution in [1.29, 1.82) is 0 Å². The fraction of sp³-hybridized carbons (Fsp3) is 0.267. The summed E-state index contributed by atoms with van der Waals surface area (Å²) in [5.41, 5.74) is 0.843. The van der Waals surface area contributed by atoms with Gasteiger partial charge in [0.15, 0.2) is 0 Å². The van der Waals surface area contributed by atoms with Gasteiger partial charge in [0.1, 0.15) is 17.3 Å². The third-order valence-corrected chi connectivity index (χ3v) is 3.45. The van der Waals surface area contributed by atoms with E-state index in [1.807, 2.05) is 6.92 Å². The van der Waals surface area contributed by atoms with Gasteiger partial charge < -0.3 is 10.6 Å². The van der Waals surface area contributed by atoms with Gasteiger partial charge in [-0.05, 0) is 25.5 Å². The maximum absolute atomic E-state index is 12.0. The third-order valence-electron chi connectivity index (χ3n) is 2.82. The van der Waals surface area contributed by atoms with E-state index in [0.717, 1.165) is 6.42 Å². The Labute approximate surface area is 139 Å². The molecular formula is C15H16Cl2N4O. The first-order valence-electron chi connectivity index (χ1n) is 6.86. The van der Waals surface area contributed by atoms with Crippen LogP contribution < -0.4 is 10.6 Å². The number of benzene rings is 1. The summed E-state index contributed by atoms with van der Waals surface area (Å²) in [5.74, 6) is 0.708. The summed E-state index contributed by atoms with van der Waals surface area (Å²) >= 11 is 12.2. The number of hydrogen-bond acceptors (Lipinski definition) is 4. The van der Waals surface area contributed by atoms with E-state index in [2.05, 4.69) is 20.6 Å². The zero-order chi connectivity index (χ0) is 16.1. The van der Waals surface area contributed by atoms with Gasteiger partial charge >= 0.3 is 0 Å². The van der Waals surface area contributed by atoms with Crippen LogP contribution in [0.15, 0.2) is 24.3 Å². The van der Waals surface area contributed by atoms with E-state index in [1.165, 1.54) is 0 Å². The van der Waals surface area contributed by atoms with E-state index < -0.39 is 0 Å². The van der Waals surface area contributed by atoms with E-state index in [9.17, 15) is 4.79 Å². The summed E-state index contributed by atoms with van der Waals surface area (Å²) < 4.78 is 0. The van der Waals surface area contributed by atoms with Crippen molar-refractivity contribution in [3.8, 4) is 0 Å². The third kappa shape index (κ3) is 4.08. The molecule has 1 aromatic heterocycles. The molecular weight excluding hydrogens is 323 g/mol. The Balaban J connectivity index is 2.28. The van der Waals surface area contributed by atoms with Crippen molar-refractivity contribution >= 4 is 40.6 Å². The molecule has 0 spiro atoms. The number of nitrogens with zero attached hydrogens (tertiary/aromatic N) is 2. The van der Waals surface area contributed by atoms with E-state index in [-0.39, 0.29) is 5.91 Å². The van der Waals surface area contributed by atoms with Crippen LogP contribution in [0.3, 0.4) is 0 Å². The fourth-order valence-corrected chi connectivity index (χ4v) is 2.31. The van der Waals surface area contributed by atoms with Gasteiger partial charge in [0.2, 0.25) is 0 Å². The SMILES string of the molecule is CCCNC(=O)c1cc(Nc2c(Cl)cccc2Cl)nc(C)n1. The van der Waals surface area contributed by atoms with Gasteiger partial charge in [-0.25, -0.2) is 9.97 Å². The minimum atomic E-state index is -0.236. The van der Waals surface area contributed by atoms with Gasteiger partial charge in [-0.1, -0.05) is 36.2 Å². The number of nitrogens with one attached hydrogen (secondary N) is 2. The normalized spacial score (nSPS) is 10.4. The van der Waals surface area contributed by atoms with Crippen molar-refractivity contribution in [3.05, 3.63) is 45.8 Å². The molecule has 22 heavy (non-hydrogen) atoms. The molecule has 2 rings (SSSR count). The number of amides is 1. The van der Waals surface area contributed by atoms with Crippen LogP contribution in [0, 0.1) is 6.92 Å². The molecule has 1 amide bonds. The number of carbonyl (C=O) groups is 1. The van der Waals surface area contributed by atoms with E-state index in [4.69, 9.17) is 23.2 Å². The van der Waals surface area contributed by atoms with Crippen molar-refractivity contribution in [3.63, 3.8) is 0 Å². The number of carbonyl (C=O) groups excluding carboxylic acids is 1. The largest absolute Gasteiger partial charge is 0.351 e. The molecule has 0 aliphatic heterocycles. The first-order chi connectivity index (χ1) is 10.5. The Morgan fingerprint density at radius 1 is 1.23 bits per heavy atom. The highest BCUT2D eigenvalue weighted by atomic mass is 35.5. The summed E-state index contributed by atoms with van der Waals surface area (Å²) in [6.07, 6.45) is 0.857. The summed E-state index contributed by atoms with van der Waals surface area (Å²) in [6, 6.07) is 6.76. The molecule has 116 valence electrons. The van der Waals surface area contributed by atoms with Crippen LogP contribution in [-0.2, 0) is 0 Å². The smallest absolute Gasteiger partial charge is 0.270 e. The highest BCUT2D eigenvalue weighted by molar-refractivity contribution is 6.39. The molecule has 0 saturated heterocycles. The molecule has 0 radical (unpaired) electrons. The number of aryl methyl sites for hydroxylation is 1. The van der Waals surface area contributed by atoms with E-state index >= 15 is 0 Å². The van der Waals surface area contributed by atoms with E-state index in [1.54, 1.807) is 31.2 Å². The van der Waals surface area contributed by atoms with Gasteiger partial charge in [-0.3, -0.25) is 4.79 Å². The summed E-state index contributed by atoms with van der Waals surface area (Å²) in [4.78, 5) is 20.4. The second-order valence-corrected chi connectivity index (χ2v) is 5.48. The Bertz CT molecular complexity index is 671. The molecule has 1 aromatic carbocycles. The number of halogens is 2. The second kappa shape index (κ2) is 7.42. The van der Waals surface area contributed by atoms with Gasteiger partial charge in [-0.15, -0.1) is 0 Å². The van der Waals surface area contributed by atoms with Crippen LogP contribution in [0.2, 0.25) is 10.0 Å². The van der Waals surface area contributed by atoms with Gasteiger partial charge in [0.05, 0.1) is 15.7 Å². The summed E-state index contributed by atoms with van der Waals surface area (Å²) in [7, 11) is 0. The molecule has 2 N–H and O–H groups in total. The van der Waals surface area contributed by atoms with Crippen LogP contribution in [-0.4, -0.2) is 22.4 Å². The highest BCUT2D eigenvalue weighted by Crippen LogP contribution is 2.32. The average Bonchev–Trinajstić information content (AvgIpc) is 2.48. The van der Waals surface area contributed by atoms with Gasteiger partial charge in [0, 0.05) is 12.6 Å². The Morgan fingerprint density at radius 2 is 1.91 bits per heavy atom. The lowest BCUT2D eigenvalue weighted by molar-refractivity contribution is 0.0948. The molecule has 0 aliphatic carbocycles. The van der Waals surface area contributed by atoms with Crippen LogP contribution in [0.1, 0.15) is 29.7 Å². The Kier molecular flexibility index (Phi) is 5.57. The summed E-state index contributed by atoms with van der Waals surface area (Å²) in [6.45, 7) is 4.30. The zero-order valence-corrected chi connectivity index (χ0v) is 13.8. The van der Waals surface area contributed by atoms with Crippen molar-refractivity contribution in [2.45, 2.75) is 20.3 Å². The molecule has 0 bridgehead atoms. The molecule has 0 saturated carbocycles. The predicted molar refractivity (Wildman–Crippen MR) is 89.1 cm³/mol. The number of aromatic nitrogens is 2. The summed E-state index contributed by atoms with van der Waals surface area (Å²) in [5, 5.41) is 6.76. The topological polar surface area (TPSA) is 66.9 Å². The number of hydrogen-bond donors (Lipinski definition) is 2. The lowest BCUT2D eigenvalue weighted by Crippen LogP contribution is -2.25. The minimum absolute atomic E-state index is 0.236. The Hall–Kier alpha value is -1.85. The molecule has 7 heteroatoms. The molecule has 0 unspecified atom stereocenters. The lowest BCUT2D eigenvalue weighted by Gasteiger charge is -2.11. The van der Waals surface area contributed by atoms with Crippen LogP contribution >= 0.6 is 23.2 Å². The average molecular weight is 339 g/mol. The quantitative estimate of drug-likeness (QED) is 0.865. The molecule has 0 fully saturated rings. The maximum Gasteiger partial charge on any atom is 0.270 e. The first kappa shape index (κ1) is 16.5. The Morgan fingerprint density at radius 3 is 2.55 bits per heavy atom. The monoisotopic (exact) mass is 338 g/mol. The van der Waals surface area contributed by atoms with Gasteiger partial charge in [-0.2, -0.15) is 0 Å². The zero-order valence-electron chi connectivity index (χ0n) is 12.3. The molecule has 2 aromatic rings. The van der Waals surface area contributed by atoms with Crippen molar-refractivity contribution in [2.24, 2.45) is 0 Å². The molecule has 0 aliphatic rings. The second-order valence-electron chi connectivity index (χ2n) is 4.66. The van der Waals surface area contributed by atoms with Crippen molar-refractivity contribution in [1.82, 2.24) is 15.3 Å².